The van der Waals surface area contributed by atoms with Crippen molar-refractivity contribution in [3.8, 4) is 28.7 Å². The molecule has 14 bridgehead atoms. The van der Waals surface area contributed by atoms with Gasteiger partial charge < -0.3 is 37.9 Å². The lowest BCUT2D eigenvalue weighted by Gasteiger charge is -2.29. The highest BCUT2D eigenvalue weighted by Crippen LogP contribution is 2.45. The van der Waals surface area contributed by atoms with Crippen LogP contribution in [0.3, 0.4) is 0 Å². The summed E-state index contributed by atoms with van der Waals surface area (Å²) in [6, 6.07) is 23.8. The Bertz CT molecular complexity index is 2670. The first kappa shape index (κ1) is 57.4. The minimum atomic E-state index is -0.186. The van der Waals surface area contributed by atoms with E-state index in [1.165, 1.54) is 27.8 Å². The molecular weight excluding hydrogens is 968 g/mol. The van der Waals surface area contributed by atoms with Crippen molar-refractivity contribution in [2.45, 2.75) is 163 Å². The average molecular weight is 1060 g/mol. The maximum Gasteiger partial charge on any atom is 0.126 e. The first-order chi connectivity index (χ1) is 35.8. The quantitative estimate of drug-likeness (QED) is 0.0928. The predicted octanol–water partition coefficient (Wildman–Crippen LogP) is 14.7. The fourth-order valence-electron chi connectivity index (χ4n) is 10.6. The second-order valence-electron chi connectivity index (χ2n) is 26.5. The van der Waals surface area contributed by atoms with Crippen molar-refractivity contribution in [2.24, 2.45) is 0 Å². The lowest BCUT2D eigenvalue weighted by Crippen LogP contribution is -2.20. The molecule has 1 aliphatic carbocycles. The van der Waals surface area contributed by atoms with Gasteiger partial charge in [-0.1, -0.05) is 165 Å². The molecule has 9 heteroatoms. The molecule has 0 amide bonds. The minimum absolute atomic E-state index is 0.168. The van der Waals surface area contributed by atoms with Crippen molar-refractivity contribution in [1.29, 1.82) is 0 Å². The van der Waals surface area contributed by atoms with Gasteiger partial charge in [-0.2, -0.15) is 0 Å². The van der Waals surface area contributed by atoms with Gasteiger partial charge in [-0.3, -0.25) is 0 Å². The molecule has 0 N–H and O–H groups in total. The van der Waals surface area contributed by atoms with Crippen LogP contribution in [-0.2, 0) is 73.4 Å². The molecule has 9 rings (SSSR count). The van der Waals surface area contributed by atoms with E-state index < -0.39 is 0 Å². The summed E-state index contributed by atoms with van der Waals surface area (Å²) in [7, 11) is 0. The summed E-state index contributed by atoms with van der Waals surface area (Å²) in [5.74, 6) is 4.79. The molecule has 76 heavy (non-hydrogen) atoms. The summed E-state index contributed by atoms with van der Waals surface area (Å²) in [5.41, 5.74) is 16.4. The summed E-state index contributed by atoms with van der Waals surface area (Å²) in [6.45, 7) is 39.0. The molecule has 0 saturated heterocycles. The molecule has 3 aliphatic heterocycles. The van der Waals surface area contributed by atoms with Crippen LogP contribution in [0.4, 0.5) is 0 Å². The highest BCUT2D eigenvalue weighted by Gasteiger charge is 2.31. The van der Waals surface area contributed by atoms with Crippen molar-refractivity contribution in [3.05, 3.63) is 144 Å². The molecule has 0 unspecified atom stereocenters. The Morgan fingerprint density at radius 1 is 0.329 bits per heavy atom. The van der Waals surface area contributed by atoms with Crippen molar-refractivity contribution >= 4 is 11.6 Å². The first-order valence-corrected chi connectivity index (χ1v) is 28.6. The Balaban J connectivity index is 1.55. The fraction of sp³-hybridized carbons (Fsp3) is 0.552. The van der Waals surface area contributed by atoms with Crippen LogP contribution in [0.2, 0.25) is 0 Å². The first-order valence-electron chi connectivity index (χ1n) is 28.0. The van der Waals surface area contributed by atoms with Crippen LogP contribution in [0.15, 0.2) is 60.7 Å². The Morgan fingerprint density at radius 2 is 0.566 bits per heavy atom. The monoisotopic (exact) mass is 1060 g/mol. The average Bonchev–Trinajstić information content (AvgIpc) is 3.33. The van der Waals surface area contributed by atoms with E-state index in [4.69, 9.17) is 49.5 Å². The van der Waals surface area contributed by atoms with Crippen molar-refractivity contribution in [3.63, 3.8) is 0 Å². The maximum atomic E-state index is 7.15. The molecule has 412 valence electrons. The van der Waals surface area contributed by atoms with Crippen molar-refractivity contribution < 1.29 is 37.9 Å². The zero-order chi connectivity index (χ0) is 54.8. The van der Waals surface area contributed by atoms with Crippen molar-refractivity contribution in [1.82, 2.24) is 0 Å². The molecule has 0 radical (unpaired) electrons. The standard InChI is InChI=1S/C67H89ClO8/c1-63(2,3)53-33-43-28-45-35-54(64(4,5)6)37-47-30-49-39-56(66(10,11)12)41-51-32-52-42-57(67(13,14)15)40-50(62(52)76-27-22-71-21-26-75-61(49)51)31-48-38-55(65(7,8)9)36-46(60(48)74-25-20-70-19-24-73-59(45)47)29-44(34-53)58(43)72-23-18-69-17-16-68/h33-42H,16-32H2,1-15H3. The van der Waals surface area contributed by atoms with Gasteiger partial charge in [-0.25, -0.2) is 0 Å². The Hall–Kier alpha value is -4.73. The third-order valence-corrected chi connectivity index (χ3v) is 15.2. The molecule has 5 aromatic rings. The molecule has 0 spiro atoms. The van der Waals surface area contributed by atoms with Crippen LogP contribution in [0, 0.1) is 0 Å². The number of hydrogen-bond donors (Lipinski definition) is 0. The molecule has 5 aromatic carbocycles. The lowest BCUT2D eigenvalue weighted by molar-refractivity contribution is 0.0746. The van der Waals surface area contributed by atoms with Gasteiger partial charge in [0.25, 0.3) is 0 Å². The van der Waals surface area contributed by atoms with E-state index in [1.807, 2.05) is 0 Å². The number of ether oxygens (including phenoxy) is 8. The maximum absolute atomic E-state index is 7.15. The van der Waals surface area contributed by atoms with Crippen LogP contribution in [0.1, 0.15) is 187 Å². The number of halogens is 1. The molecule has 3 heterocycles. The summed E-state index contributed by atoms with van der Waals surface area (Å²) in [6.07, 6.45) is 2.91. The zero-order valence-electron chi connectivity index (χ0n) is 48.9. The van der Waals surface area contributed by atoms with E-state index >= 15 is 0 Å². The smallest absolute Gasteiger partial charge is 0.126 e. The van der Waals surface area contributed by atoms with Crippen LogP contribution in [-0.4, -0.2) is 78.6 Å². The largest absolute Gasteiger partial charge is 0.491 e. The van der Waals surface area contributed by atoms with Gasteiger partial charge in [-0.05, 0) is 111 Å². The second-order valence-corrected chi connectivity index (χ2v) is 26.9. The van der Waals surface area contributed by atoms with Gasteiger partial charge in [0.2, 0.25) is 0 Å². The van der Waals surface area contributed by atoms with E-state index in [9.17, 15) is 0 Å². The highest BCUT2D eigenvalue weighted by atomic mass is 35.5. The number of benzene rings is 5. The van der Waals surface area contributed by atoms with E-state index in [0.717, 1.165) is 84.4 Å². The molecular formula is C67H89ClO8. The summed E-state index contributed by atoms with van der Waals surface area (Å²) in [5, 5.41) is 0. The number of alkyl halides is 1. The van der Waals surface area contributed by atoms with Gasteiger partial charge in [-0.15, -0.1) is 11.6 Å². The van der Waals surface area contributed by atoms with Gasteiger partial charge in [0.05, 0.1) is 39.6 Å². The number of fused-ring (bicyclic) bond motifs is 6. The number of rotatable bonds is 6. The normalized spacial score (nSPS) is 16.1. The topological polar surface area (TPSA) is 73.8 Å². The van der Waals surface area contributed by atoms with E-state index in [0.29, 0.717) is 111 Å². The van der Waals surface area contributed by atoms with Gasteiger partial charge in [0, 0.05) is 38.0 Å². The molecule has 0 aromatic heterocycles. The summed E-state index contributed by atoms with van der Waals surface area (Å²) in [4.78, 5) is 0. The highest BCUT2D eigenvalue weighted by molar-refractivity contribution is 6.17. The Kier molecular flexibility index (Phi) is 17.6. The second kappa shape index (κ2) is 23.3. The Labute approximate surface area is 461 Å². The predicted molar refractivity (Wildman–Crippen MR) is 310 cm³/mol. The Morgan fingerprint density at radius 3 is 0.803 bits per heavy atom. The molecule has 0 saturated carbocycles. The van der Waals surface area contributed by atoms with E-state index in [2.05, 4.69) is 165 Å². The summed E-state index contributed by atoms with van der Waals surface area (Å²) < 4.78 is 54.3. The van der Waals surface area contributed by atoms with Gasteiger partial charge in [0.1, 0.15) is 61.8 Å². The zero-order valence-corrected chi connectivity index (χ0v) is 49.7. The lowest BCUT2D eigenvalue weighted by atomic mass is 9.79. The van der Waals surface area contributed by atoms with Crippen LogP contribution >= 0.6 is 11.6 Å². The number of hydrogen-bond acceptors (Lipinski definition) is 8. The molecule has 0 atom stereocenters. The summed E-state index contributed by atoms with van der Waals surface area (Å²) >= 11 is 6.11. The van der Waals surface area contributed by atoms with E-state index in [1.54, 1.807) is 0 Å². The molecule has 8 nitrogen and oxygen atoms in total. The van der Waals surface area contributed by atoms with E-state index in [-0.39, 0.29) is 27.1 Å². The third kappa shape index (κ3) is 13.9. The van der Waals surface area contributed by atoms with Crippen LogP contribution < -0.4 is 23.7 Å². The van der Waals surface area contributed by atoms with Crippen molar-refractivity contribution in [2.75, 3.05) is 78.6 Å². The third-order valence-electron chi connectivity index (χ3n) is 15.0. The molecule has 4 aliphatic rings. The van der Waals surface area contributed by atoms with Crippen LogP contribution in [0.5, 0.6) is 28.7 Å². The van der Waals surface area contributed by atoms with Gasteiger partial charge >= 0.3 is 0 Å². The van der Waals surface area contributed by atoms with Gasteiger partial charge in [0.15, 0.2) is 0 Å². The SMILES string of the molecule is CC(C)(C)c1cc2c(OCCOCCCl)c(c1)Cc1cc(C(C)(C)C)cc3c1OCCOCCOc1c(cc(C(C)(C)C)cc1Cc1cc(C(C)(C)C)cc4c1OCCOCCOc1c(cc(C(C)(C)C)cc1C4)C3)C2. The fourth-order valence-corrected chi connectivity index (χ4v) is 10.7. The minimum Gasteiger partial charge on any atom is -0.491 e. The molecule has 0 fully saturated rings. The van der Waals surface area contributed by atoms with Crippen LogP contribution in [0.25, 0.3) is 0 Å².